The Morgan fingerprint density at radius 2 is 1.02 bits per heavy atom. The molecule has 49 heavy (non-hydrogen) atoms. The van der Waals surface area contributed by atoms with Gasteiger partial charge in [0.15, 0.2) is 5.82 Å². The van der Waals surface area contributed by atoms with Crippen LogP contribution in [-0.2, 0) is 0 Å². The van der Waals surface area contributed by atoms with Crippen LogP contribution in [0, 0.1) is 0 Å². The highest BCUT2D eigenvalue weighted by Crippen LogP contribution is 2.44. The molecule has 0 saturated carbocycles. The van der Waals surface area contributed by atoms with Gasteiger partial charge in [0.25, 0.3) is 0 Å². The maximum atomic E-state index is 6.84. The number of para-hydroxylation sites is 1. The van der Waals surface area contributed by atoms with E-state index in [9.17, 15) is 0 Å². The van der Waals surface area contributed by atoms with Gasteiger partial charge in [-0.05, 0) is 68.1 Å². The fourth-order valence-electron chi connectivity index (χ4n) is 7.30. The van der Waals surface area contributed by atoms with Gasteiger partial charge < -0.3 is 4.42 Å². The van der Waals surface area contributed by atoms with Gasteiger partial charge in [0.2, 0.25) is 0 Å². The number of furan rings is 1. The lowest BCUT2D eigenvalue weighted by Crippen LogP contribution is -1.96. The van der Waals surface area contributed by atoms with Crippen molar-refractivity contribution >= 4 is 54.4 Å². The number of nitrogens with zero attached hydrogens (tertiary/aromatic N) is 2. The minimum absolute atomic E-state index is 0.681. The number of aromatic nitrogens is 2. The van der Waals surface area contributed by atoms with Crippen LogP contribution in [0.5, 0.6) is 0 Å². The molecule has 8 aromatic carbocycles. The van der Waals surface area contributed by atoms with Crippen LogP contribution in [0.4, 0.5) is 0 Å². The fourth-order valence-corrected chi connectivity index (χ4v) is 7.30. The summed E-state index contributed by atoms with van der Waals surface area (Å²) >= 11 is 0. The van der Waals surface area contributed by atoms with Gasteiger partial charge >= 0.3 is 0 Å². The number of fused-ring (bicyclic) bond motifs is 6. The first-order valence-electron chi connectivity index (χ1n) is 16.6. The molecule has 0 unspecified atom stereocenters. The average Bonchev–Trinajstić information content (AvgIpc) is 3.55. The van der Waals surface area contributed by atoms with Crippen molar-refractivity contribution in [2.24, 2.45) is 0 Å². The topological polar surface area (TPSA) is 38.9 Å². The van der Waals surface area contributed by atoms with Crippen molar-refractivity contribution in [3.05, 3.63) is 170 Å². The van der Waals surface area contributed by atoms with E-state index in [4.69, 9.17) is 14.4 Å². The second-order valence-corrected chi connectivity index (χ2v) is 12.5. The molecule has 2 heterocycles. The summed E-state index contributed by atoms with van der Waals surface area (Å²) in [5, 5.41) is 7.98. The predicted octanol–water partition coefficient (Wildman–Crippen LogP) is 12.5. The van der Waals surface area contributed by atoms with E-state index in [-0.39, 0.29) is 0 Å². The Bertz CT molecular complexity index is 2860. The van der Waals surface area contributed by atoms with E-state index in [0.717, 1.165) is 71.7 Å². The molecule has 0 spiro atoms. The molecule has 0 aliphatic rings. The minimum atomic E-state index is 0.681. The van der Waals surface area contributed by atoms with Crippen LogP contribution in [0.3, 0.4) is 0 Å². The molecule has 0 aliphatic heterocycles. The highest BCUT2D eigenvalue weighted by Gasteiger charge is 2.21. The summed E-state index contributed by atoms with van der Waals surface area (Å²) in [6, 6.07) is 59.6. The molecule has 0 amide bonds. The first-order valence-corrected chi connectivity index (χ1v) is 16.6. The Morgan fingerprint density at radius 1 is 0.388 bits per heavy atom. The van der Waals surface area contributed by atoms with Gasteiger partial charge in [-0.25, -0.2) is 9.97 Å². The van der Waals surface area contributed by atoms with Crippen LogP contribution < -0.4 is 0 Å². The Morgan fingerprint density at radius 3 is 1.86 bits per heavy atom. The third kappa shape index (κ3) is 4.51. The van der Waals surface area contributed by atoms with Crippen molar-refractivity contribution in [1.29, 1.82) is 0 Å². The molecule has 3 nitrogen and oxygen atoms in total. The molecular formula is C46H28N2O. The quantitative estimate of drug-likeness (QED) is 0.196. The van der Waals surface area contributed by atoms with E-state index in [2.05, 4.69) is 164 Å². The standard InChI is InChI=1S/C46H28N2O/c1-2-11-30(12-3-1)37-25-26-39(45-43(37)40-27-33-14-4-5-15-34(33)28-42(40)49-45)44-38-18-8-9-20-41(38)47-46(48-44)32-23-21-31(22-24-32)36-19-10-16-29-13-6-7-17-35(29)36/h1-28H. The molecule has 0 radical (unpaired) electrons. The SMILES string of the molecule is c1ccc(-c2ccc(-c3nc(-c4ccc(-c5cccc6ccccc56)cc4)nc4ccccc34)c3oc4cc5ccccc5cc4c23)cc1. The maximum absolute atomic E-state index is 6.84. The van der Waals surface area contributed by atoms with Crippen LogP contribution >= 0.6 is 0 Å². The van der Waals surface area contributed by atoms with Gasteiger partial charge in [-0.1, -0.05) is 146 Å². The zero-order valence-corrected chi connectivity index (χ0v) is 26.5. The van der Waals surface area contributed by atoms with E-state index in [1.807, 2.05) is 6.07 Å². The van der Waals surface area contributed by atoms with Gasteiger partial charge in [0, 0.05) is 27.3 Å². The van der Waals surface area contributed by atoms with Crippen LogP contribution in [-0.4, -0.2) is 9.97 Å². The van der Waals surface area contributed by atoms with E-state index < -0.39 is 0 Å². The van der Waals surface area contributed by atoms with Gasteiger partial charge in [0.1, 0.15) is 11.2 Å². The lowest BCUT2D eigenvalue weighted by molar-refractivity contribution is 0.670. The number of benzene rings is 8. The fraction of sp³-hybridized carbons (Fsp3) is 0. The molecule has 0 fully saturated rings. The van der Waals surface area contributed by atoms with Crippen molar-refractivity contribution in [2.75, 3.05) is 0 Å². The van der Waals surface area contributed by atoms with Gasteiger partial charge in [-0.2, -0.15) is 0 Å². The van der Waals surface area contributed by atoms with Crippen LogP contribution in [0.2, 0.25) is 0 Å². The summed E-state index contributed by atoms with van der Waals surface area (Å²) in [7, 11) is 0. The lowest BCUT2D eigenvalue weighted by Gasteiger charge is -2.12. The second kappa shape index (κ2) is 11.0. The molecular weight excluding hydrogens is 597 g/mol. The summed E-state index contributed by atoms with van der Waals surface area (Å²) in [6.45, 7) is 0. The van der Waals surface area contributed by atoms with Crippen LogP contribution in [0.1, 0.15) is 0 Å². The van der Waals surface area contributed by atoms with Gasteiger partial charge in [-0.3, -0.25) is 0 Å². The molecule has 0 N–H and O–H groups in total. The Kier molecular flexibility index (Phi) is 6.18. The van der Waals surface area contributed by atoms with Crippen molar-refractivity contribution in [3.63, 3.8) is 0 Å². The van der Waals surface area contributed by atoms with Crippen molar-refractivity contribution in [1.82, 2.24) is 9.97 Å². The Labute approximate surface area is 282 Å². The number of hydrogen-bond donors (Lipinski definition) is 0. The zero-order valence-electron chi connectivity index (χ0n) is 26.5. The summed E-state index contributed by atoms with van der Waals surface area (Å²) in [4.78, 5) is 10.4. The molecule has 0 saturated heterocycles. The largest absolute Gasteiger partial charge is 0.455 e. The molecule has 0 aliphatic carbocycles. The van der Waals surface area contributed by atoms with Gasteiger partial charge in [0.05, 0.1) is 11.2 Å². The molecule has 10 rings (SSSR count). The molecule has 0 bridgehead atoms. The summed E-state index contributed by atoms with van der Waals surface area (Å²) in [5.74, 6) is 0.681. The lowest BCUT2D eigenvalue weighted by atomic mass is 9.94. The van der Waals surface area contributed by atoms with Crippen molar-refractivity contribution in [2.45, 2.75) is 0 Å². The molecule has 2 aromatic heterocycles. The summed E-state index contributed by atoms with van der Waals surface area (Å²) in [6.07, 6.45) is 0. The second-order valence-electron chi connectivity index (χ2n) is 12.5. The minimum Gasteiger partial charge on any atom is -0.455 e. The Hall–Kier alpha value is -6.58. The molecule has 0 atom stereocenters. The summed E-state index contributed by atoms with van der Waals surface area (Å²) < 4.78 is 6.84. The molecule has 228 valence electrons. The normalized spacial score (nSPS) is 11.7. The highest BCUT2D eigenvalue weighted by atomic mass is 16.3. The van der Waals surface area contributed by atoms with Crippen molar-refractivity contribution < 1.29 is 4.42 Å². The maximum Gasteiger partial charge on any atom is 0.160 e. The smallest absolute Gasteiger partial charge is 0.160 e. The van der Waals surface area contributed by atoms with Crippen LogP contribution in [0.15, 0.2) is 174 Å². The number of hydrogen-bond acceptors (Lipinski definition) is 3. The van der Waals surface area contributed by atoms with Gasteiger partial charge in [-0.15, -0.1) is 0 Å². The summed E-state index contributed by atoms with van der Waals surface area (Å²) in [5.41, 5.74) is 10.00. The van der Waals surface area contributed by atoms with E-state index >= 15 is 0 Å². The third-order valence-corrected chi connectivity index (χ3v) is 9.67. The highest BCUT2D eigenvalue weighted by molar-refractivity contribution is 6.19. The molecule has 3 heteroatoms. The monoisotopic (exact) mass is 624 g/mol. The first-order chi connectivity index (χ1) is 24.3. The van der Waals surface area contributed by atoms with E-state index in [1.165, 1.54) is 21.7 Å². The first kappa shape index (κ1) is 27.5. The van der Waals surface area contributed by atoms with E-state index in [0.29, 0.717) is 5.82 Å². The Balaban J connectivity index is 1.19. The van der Waals surface area contributed by atoms with Crippen molar-refractivity contribution in [3.8, 4) is 44.9 Å². The predicted molar refractivity (Wildman–Crippen MR) is 204 cm³/mol. The third-order valence-electron chi connectivity index (χ3n) is 9.67. The zero-order chi connectivity index (χ0) is 32.3. The average molecular weight is 625 g/mol. The number of rotatable bonds is 4. The molecule has 10 aromatic rings. The van der Waals surface area contributed by atoms with E-state index in [1.54, 1.807) is 0 Å². The van der Waals surface area contributed by atoms with Crippen LogP contribution in [0.25, 0.3) is 99.3 Å².